The van der Waals surface area contributed by atoms with Gasteiger partial charge in [-0.2, -0.15) is 13.5 Å². The number of amides is 2. The van der Waals surface area contributed by atoms with Crippen LogP contribution in [0.2, 0.25) is 0 Å². The Bertz CT molecular complexity index is 772. The maximum Gasteiger partial charge on any atom is 0.418 e. The summed E-state index contributed by atoms with van der Waals surface area (Å²) in [6.45, 7) is 2.02. The minimum atomic E-state index is -4.86. The molecule has 2 amide bonds. The lowest BCUT2D eigenvalue weighted by atomic mass is 9.99. The fourth-order valence-electron chi connectivity index (χ4n) is 2.83. The van der Waals surface area contributed by atoms with Crippen LogP contribution in [0.5, 0.6) is 0 Å². The molecule has 9 nitrogen and oxygen atoms in total. The van der Waals surface area contributed by atoms with Gasteiger partial charge in [-0.1, -0.05) is 6.92 Å². The minimum Gasteiger partial charge on any atom is -0.467 e. The molecule has 126 valence electrons. The van der Waals surface area contributed by atoms with E-state index in [9.17, 15) is 18.0 Å². The van der Waals surface area contributed by atoms with Crippen molar-refractivity contribution in [2.45, 2.75) is 25.4 Å². The van der Waals surface area contributed by atoms with Crippen LogP contribution < -0.4 is 0 Å². The number of hydrogen-bond acceptors (Lipinski definition) is 7. The smallest absolute Gasteiger partial charge is 0.418 e. The van der Waals surface area contributed by atoms with Crippen LogP contribution in [0.3, 0.4) is 0 Å². The number of fused-ring (bicyclic) bond motifs is 4. The highest BCUT2D eigenvalue weighted by molar-refractivity contribution is 7.80. The SMILES string of the molecule is CCc1cc2c(s1)[C@@H](C(=O)OC)N1C[C@H]2N(OS(=O)(=O)O)C1=O. The summed E-state index contributed by atoms with van der Waals surface area (Å²) in [5, 5.41) is 0.587. The molecule has 0 aromatic carbocycles. The molecule has 0 radical (unpaired) electrons. The number of hydrogen-bond donors (Lipinski definition) is 1. The molecule has 2 atom stereocenters. The number of carbonyl (C=O) groups is 2. The molecular weight excluding hydrogens is 348 g/mol. The largest absolute Gasteiger partial charge is 0.467 e. The molecule has 1 N–H and O–H groups in total. The van der Waals surface area contributed by atoms with Crippen LogP contribution >= 0.6 is 11.3 Å². The van der Waals surface area contributed by atoms with Crippen molar-refractivity contribution in [1.82, 2.24) is 9.96 Å². The second-order valence-corrected chi connectivity index (χ2v) is 7.26. The molecule has 1 aromatic rings. The molecule has 2 aliphatic rings. The Kier molecular flexibility index (Phi) is 3.83. The molecule has 3 heterocycles. The van der Waals surface area contributed by atoms with Gasteiger partial charge in [0.15, 0.2) is 6.04 Å². The predicted molar refractivity (Wildman–Crippen MR) is 77.8 cm³/mol. The topological polar surface area (TPSA) is 113 Å². The summed E-state index contributed by atoms with van der Waals surface area (Å²) < 4.78 is 40.1. The van der Waals surface area contributed by atoms with Gasteiger partial charge in [-0.15, -0.1) is 15.6 Å². The molecule has 0 spiro atoms. The maximum atomic E-state index is 12.4. The minimum absolute atomic E-state index is 0.0704. The number of methoxy groups -OCH3 is 1. The third-order valence-corrected chi connectivity index (χ3v) is 5.49. The second kappa shape index (κ2) is 5.44. The van der Waals surface area contributed by atoms with Gasteiger partial charge in [0.25, 0.3) is 0 Å². The fourth-order valence-corrected chi connectivity index (χ4v) is 4.47. The van der Waals surface area contributed by atoms with Gasteiger partial charge in [0.2, 0.25) is 0 Å². The summed E-state index contributed by atoms with van der Waals surface area (Å²) in [5.74, 6) is -0.615. The molecule has 2 bridgehead atoms. The van der Waals surface area contributed by atoms with E-state index in [4.69, 9.17) is 9.29 Å². The zero-order valence-electron chi connectivity index (χ0n) is 12.3. The average molecular weight is 362 g/mol. The Hall–Kier alpha value is -1.69. The van der Waals surface area contributed by atoms with Crippen LogP contribution in [0, 0.1) is 0 Å². The molecule has 23 heavy (non-hydrogen) atoms. The van der Waals surface area contributed by atoms with E-state index in [1.165, 1.54) is 23.3 Å². The highest BCUT2D eigenvalue weighted by Crippen LogP contribution is 2.48. The number of rotatable bonds is 4. The number of aryl methyl sites for hydroxylation is 1. The molecule has 3 rings (SSSR count). The lowest BCUT2D eigenvalue weighted by Crippen LogP contribution is -2.38. The van der Waals surface area contributed by atoms with Crippen molar-refractivity contribution in [3.05, 3.63) is 21.4 Å². The Morgan fingerprint density at radius 1 is 1.52 bits per heavy atom. The number of urea groups is 1. The molecule has 1 aromatic heterocycles. The van der Waals surface area contributed by atoms with E-state index in [1.807, 2.05) is 13.0 Å². The van der Waals surface area contributed by atoms with E-state index in [0.29, 0.717) is 15.5 Å². The Morgan fingerprint density at radius 3 is 2.78 bits per heavy atom. The third kappa shape index (κ3) is 2.59. The van der Waals surface area contributed by atoms with Crippen molar-refractivity contribution < 1.29 is 31.6 Å². The first-order valence-electron chi connectivity index (χ1n) is 6.74. The molecule has 1 fully saturated rings. The summed E-state index contributed by atoms with van der Waals surface area (Å²) in [6.07, 6.45) is 0.728. The van der Waals surface area contributed by atoms with Crippen molar-refractivity contribution in [3.8, 4) is 0 Å². The first-order chi connectivity index (χ1) is 10.8. The summed E-state index contributed by atoms with van der Waals surface area (Å²) >= 11 is 1.37. The third-order valence-electron chi connectivity index (χ3n) is 3.80. The van der Waals surface area contributed by atoms with E-state index in [1.54, 1.807) is 0 Å². The summed E-state index contributed by atoms with van der Waals surface area (Å²) in [5.41, 5.74) is 0.632. The van der Waals surface area contributed by atoms with Crippen molar-refractivity contribution in [3.63, 3.8) is 0 Å². The van der Waals surface area contributed by atoms with Gasteiger partial charge in [-0.05, 0) is 18.1 Å². The quantitative estimate of drug-likeness (QED) is 0.629. The lowest BCUT2D eigenvalue weighted by molar-refractivity contribution is -0.146. The van der Waals surface area contributed by atoms with Crippen LogP contribution in [-0.2, 0) is 30.6 Å². The van der Waals surface area contributed by atoms with E-state index in [0.717, 1.165) is 11.3 Å². The number of esters is 1. The van der Waals surface area contributed by atoms with Gasteiger partial charge >= 0.3 is 22.4 Å². The first-order valence-corrected chi connectivity index (χ1v) is 8.92. The zero-order chi connectivity index (χ0) is 16.9. The monoisotopic (exact) mass is 362 g/mol. The zero-order valence-corrected chi connectivity index (χ0v) is 13.9. The molecular formula is C12H14N2O7S2. The standard InChI is InChI=1S/C12H14N2O7S2/c1-3-6-4-7-8-5-13(9(10(7)22-6)11(15)20-2)12(16)14(8)21-23(17,18)19/h4,8-9H,3,5H2,1-2H3,(H,17,18,19)/t8-,9+/m1/s1. The molecule has 11 heteroatoms. The lowest BCUT2D eigenvalue weighted by Gasteiger charge is -2.28. The maximum absolute atomic E-state index is 12.4. The Morgan fingerprint density at radius 2 is 2.22 bits per heavy atom. The summed E-state index contributed by atoms with van der Waals surface area (Å²) in [6, 6.07) is -0.655. The van der Waals surface area contributed by atoms with Gasteiger partial charge in [0.1, 0.15) is 6.04 Å². The van der Waals surface area contributed by atoms with Crippen LogP contribution in [0.15, 0.2) is 6.07 Å². The normalized spacial score (nSPS) is 23.2. The fraction of sp³-hybridized carbons (Fsp3) is 0.500. The first kappa shape index (κ1) is 16.2. The van der Waals surface area contributed by atoms with Gasteiger partial charge in [-0.25, -0.2) is 9.59 Å². The molecule has 0 saturated carbocycles. The van der Waals surface area contributed by atoms with Crippen molar-refractivity contribution in [1.29, 1.82) is 0 Å². The van der Waals surface area contributed by atoms with E-state index in [-0.39, 0.29) is 6.54 Å². The Labute approximate surface area is 136 Å². The van der Waals surface area contributed by atoms with Crippen molar-refractivity contribution >= 4 is 33.7 Å². The van der Waals surface area contributed by atoms with E-state index < -0.39 is 34.5 Å². The van der Waals surface area contributed by atoms with Gasteiger partial charge in [0.05, 0.1) is 13.7 Å². The van der Waals surface area contributed by atoms with E-state index in [2.05, 4.69) is 4.28 Å². The van der Waals surface area contributed by atoms with Crippen LogP contribution in [0.1, 0.15) is 34.3 Å². The highest BCUT2D eigenvalue weighted by Gasteiger charge is 2.53. The van der Waals surface area contributed by atoms with Crippen LogP contribution in [-0.4, -0.2) is 48.6 Å². The summed E-state index contributed by atoms with van der Waals surface area (Å²) in [7, 11) is -3.64. The number of ether oxygens (including phenoxy) is 1. The molecule has 1 saturated heterocycles. The van der Waals surface area contributed by atoms with Crippen molar-refractivity contribution in [2.24, 2.45) is 0 Å². The number of thiophene rings is 1. The number of hydroxylamine groups is 2. The molecule has 0 aliphatic carbocycles. The van der Waals surface area contributed by atoms with Crippen molar-refractivity contribution in [2.75, 3.05) is 13.7 Å². The van der Waals surface area contributed by atoms with Gasteiger partial charge < -0.3 is 9.64 Å². The second-order valence-electron chi connectivity index (χ2n) is 5.09. The highest BCUT2D eigenvalue weighted by atomic mass is 32.3. The average Bonchev–Trinajstić information content (AvgIpc) is 3.02. The van der Waals surface area contributed by atoms with Crippen LogP contribution in [0.4, 0.5) is 4.79 Å². The summed E-state index contributed by atoms with van der Waals surface area (Å²) in [4.78, 5) is 27.3. The molecule has 2 aliphatic heterocycles. The van der Waals surface area contributed by atoms with Crippen LogP contribution in [0.25, 0.3) is 0 Å². The number of carbonyl (C=O) groups excluding carboxylic acids is 2. The van der Waals surface area contributed by atoms with Gasteiger partial charge in [0, 0.05) is 9.75 Å². The molecule has 0 unspecified atom stereocenters. The van der Waals surface area contributed by atoms with Gasteiger partial charge in [-0.3, -0.25) is 4.55 Å². The predicted octanol–water partition coefficient (Wildman–Crippen LogP) is 1.05. The Balaban J connectivity index is 2.10. The number of nitrogens with zero attached hydrogens (tertiary/aromatic N) is 2. The van der Waals surface area contributed by atoms with E-state index >= 15 is 0 Å².